The molecule has 1 aromatic carbocycles. The second-order valence-corrected chi connectivity index (χ2v) is 4.24. The summed E-state index contributed by atoms with van der Waals surface area (Å²) in [6, 6.07) is 5.95. The van der Waals surface area contributed by atoms with Crippen molar-refractivity contribution in [3.8, 4) is 0 Å². The average Bonchev–Trinajstić information content (AvgIpc) is 2.84. The Labute approximate surface area is 106 Å². The summed E-state index contributed by atoms with van der Waals surface area (Å²) in [5.74, 6) is 0.0926. The zero-order valence-corrected chi connectivity index (χ0v) is 10.5. The van der Waals surface area contributed by atoms with Crippen LogP contribution >= 0.6 is 0 Å². The molecule has 1 heterocycles. The minimum absolute atomic E-state index is 0.0926. The van der Waals surface area contributed by atoms with E-state index >= 15 is 0 Å². The van der Waals surface area contributed by atoms with Crippen molar-refractivity contribution >= 4 is 16.9 Å². The van der Waals surface area contributed by atoms with Crippen molar-refractivity contribution in [1.82, 2.24) is 20.6 Å². The van der Waals surface area contributed by atoms with Gasteiger partial charge in [-0.3, -0.25) is 4.79 Å². The predicted molar refractivity (Wildman–Crippen MR) is 71.1 cm³/mol. The maximum atomic E-state index is 11.5. The van der Waals surface area contributed by atoms with Gasteiger partial charge in [0.2, 0.25) is 5.91 Å². The number of H-pyrrole nitrogens is 1. The number of hydrogen-bond donors (Lipinski definition) is 3. The number of nitrogens with zero attached hydrogens (tertiary/aromatic N) is 1. The van der Waals surface area contributed by atoms with Crippen LogP contribution < -0.4 is 10.6 Å². The molecule has 2 rings (SSSR count). The van der Waals surface area contributed by atoms with E-state index in [2.05, 4.69) is 20.6 Å². The van der Waals surface area contributed by atoms with E-state index in [9.17, 15) is 4.79 Å². The van der Waals surface area contributed by atoms with Crippen molar-refractivity contribution in [3.05, 3.63) is 30.1 Å². The molecule has 0 atom stereocenters. The molecule has 0 aliphatic carbocycles. The molecule has 1 aromatic heterocycles. The highest BCUT2D eigenvalue weighted by Gasteiger charge is 2.02. The molecule has 1 amide bonds. The molecule has 0 aliphatic rings. The van der Waals surface area contributed by atoms with Gasteiger partial charge in [-0.25, -0.2) is 4.98 Å². The Morgan fingerprint density at radius 2 is 2.33 bits per heavy atom. The van der Waals surface area contributed by atoms with E-state index in [1.165, 1.54) is 0 Å². The van der Waals surface area contributed by atoms with E-state index in [4.69, 9.17) is 0 Å². The fourth-order valence-corrected chi connectivity index (χ4v) is 1.81. The summed E-state index contributed by atoms with van der Waals surface area (Å²) >= 11 is 0. The normalized spacial score (nSPS) is 10.7. The van der Waals surface area contributed by atoms with Crippen molar-refractivity contribution < 1.29 is 4.79 Å². The van der Waals surface area contributed by atoms with Crippen LogP contribution in [0.2, 0.25) is 0 Å². The summed E-state index contributed by atoms with van der Waals surface area (Å²) in [6.45, 7) is 1.43. The van der Waals surface area contributed by atoms with Gasteiger partial charge in [0, 0.05) is 13.0 Å². The second-order valence-electron chi connectivity index (χ2n) is 4.24. The van der Waals surface area contributed by atoms with Crippen LogP contribution in [0.4, 0.5) is 0 Å². The quantitative estimate of drug-likeness (QED) is 0.670. The van der Waals surface area contributed by atoms with Crippen molar-refractivity contribution in [2.24, 2.45) is 0 Å². The summed E-state index contributed by atoms with van der Waals surface area (Å²) in [7, 11) is 1.89. The van der Waals surface area contributed by atoms with Gasteiger partial charge in [-0.2, -0.15) is 0 Å². The first-order chi connectivity index (χ1) is 8.79. The smallest absolute Gasteiger partial charge is 0.220 e. The lowest BCUT2D eigenvalue weighted by Crippen LogP contribution is -2.23. The van der Waals surface area contributed by atoms with E-state index in [-0.39, 0.29) is 5.91 Å². The molecule has 2 aromatic rings. The zero-order valence-electron chi connectivity index (χ0n) is 10.5. The van der Waals surface area contributed by atoms with Gasteiger partial charge in [0.15, 0.2) is 0 Å². The fraction of sp³-hybridized carbons (Fsp3) is 0.385. The molecule has 0 saturated carbocycles. The maximum absolute atomic E-state index is 11.5. The molecule has 0 unspecified atom stereocenters. The third kappa shape index (κ3) is 3.30. The number of carbonyl (C=O) groups excluding carboxylic acids is 1. The van der Waals surface area contributed by atoms with Gasteiger partial charge in [0.05, 0.1) is 17.4 Å². The number of hydrogen-bond acceptors (Lipinski definition) is 3. The molecule has 18 heavy (non-hydrogen) atoms. The van der Waals surface area contributed by atoms with Crippen LogP contribution in [-0.2, 0) is 11.3 Å². The molecule has 0 aliphatic heterocycles. The van der Waals surface area contributed by atoms with E-state index in [1.54, 1.807) is 6.33 Å². The number of aromatic amines is 1. The van der Waals surface area contributed by atoms with Gasteiger partial charge >= 0.3 is 0 Å². The molecule has 5 heteroatoms. The second kappa shape index (κ2) is 6.16. The maximum Gasteiger partial charge on any atom is 0.220 e. The van der Waals surface area contributed by atoms with E-state index < -0.39 is 0 Å². The van der Waals surface area contributed by atoms with Crippen molar-refractivity contribution in [1.29, 1.82) is 0 Å². The summed E-state index contributed by atoms with van der Waals surface area (Å²) < 4.78 is 0. The van der Waals surface area contributed by atoms with Crippen molar-refractivity contribution in [2.45, 2.75) is 19.4 Å². The number of aromatic nitrogens is 2. The van der Waals surface area contributed by atoms with Gasteiger partial charge in [-0.15, -0.1) is 0 Å². The lowest BCUT2D eigenvalue weighted by Gasteiger charge is -2.05. The molecule has 0 fully saturated rings. The molecule has 96 valence electrons. The summed E-state index contributed by atoms with van der Waals surface area (Å²) in [4.78, 5) is 18.8. The molecule has 0 saturated heterocycles. The first-order valence-corrected chi connectivity index (χ1v) is 6.13. The summed E-state index contributed by atoms with van der Waals surface area (Å²) in [6.07, 6.45) is 3.10. The van der Waals surface area contributed by atoms with Crippen LogP contribution in [0, 0.1) is 0 Å². The lowest BCUT2D eigenvalue weighted by molar-refractivity contribution is -0.121. The molecule has 0 radical (unpaired) electrons. The highest BCUT2D eigenvalue weighted by Crippen LogP contribution is 2.11. The SMILES string of the molecule is CNCCCC(=O)NCc1ccc2nc[nH]c2c1. The van der Waals surface area contributed by atoms with Gasteiger partial charge in [-0.05, 0) is 37.7 Å². The minimum atomic E-state index is 0.0926. The monoisotopic (exact) mass is 246 g/mol. The van der Waals surface area contributed by atoms with Crippen LogP contribution in [0.15, 0.2) is 24.5 Å². The lowest BCUT2D eigenvalue weighted by atomic mass is 10.2. The number of amides is 1. The van der Waals surface area contributed by atoms with Gasteiger partial charge < -0.3 is 15.6 Å². The predicted octanol–water partition coefficient (Wildman–Crippen LogP) is 1.18. The molecular weight excluding hydrogens is 228 g/mol. The largest absolute Gasteiger partial charge is 0.352 e. The van der Waals surface area contributed by atoms with E-state index in [0.29, 0.717) is 13.0 Å². The number of carbonyl (C=O) groups is 1. The number of benzene rings is 1. The third-order valence-corrected chi connectivity index (χ3v) is 2.80. The van der Waals surface area contributed by atoms with Crippen LogP contribution in [0.3, 0.4) is 0 Å². The summed E-state index contributed by atoms with van der Waals surface area (Å²) in [5.41, 5.74) is 3.02. The first kappa shape index (κ1) is 12.6. The minimum Gasteiger partial charge on any atom is -0.352 e. The number of fused-ring (bicyclic) bond motifs is 1. The van der Waals surface area contributed by atoms with E-state index in [0.717, 1.165) is 29.6 Å². The molecular formula is C13H18N4O. The number of rotatable bonds is 6. The molecule has 0 bridgehead atoms. The van der Waals surface area contributed by atoms with Crippen LogP contribution in [0.1, 0.15) is 18.4 Å². The Kier molecular flexibility index (Phi) is 4.30. The van der Waals surface area contributed by atoms with Gasteiger partial charge in [0.1, 0.15) is 0 Å². The van der Waals surface area contributed by atoms with Gasteiger partial charge in [0.25, 0.3) is 0 Å². The Bertz CT molecular complexity index is 520. The number of imidazole rings is 1. The van der Waals surface area contributed by atoms with Crippen LogP contribution in [0.5, 0.6) is 0 Å². The number of nitrogens with one attached hydrogen (secondary N) is 3. The Balaban J connectivity index is 1.83. The topological polar surface area (TPSA) is 69.8 Å². The van der Waals surface area contributed by atoms with Crippen molar-refractivity contribution in [2.75, 3.05) is 13.6 Å². The Hall–Kier alpha value is -1.88. The van der Waals surface area contributed by atoms with Crippen LogP contribution in [-0.4, -0.2) is 29.5 Å². The zero-order chi connectivity index (χ0) is 12.8. The highest BCUT2D eigenvalue weighted by molar-refractivity contribution is 5.77. The fourth-order valence-electron chi connectivity index (χ4n) is 1.81. The van der Waals surface area contributed by atoms with Crippen LogP contribution in [0.25, 0.3) is 11.0 Å². The van der Waals surface area contributed by atoms with Gasteiger partial charge in [-0.1, -0.05) is 6.07 Å². The third-order valence-electron chi connectivity index (χ3n) is 2.80. The molecule has 3 N–H and O–H groups in total. The Morgan fingerprint density at radius 1 is 1.44 bits per heavy atom. The first-order valence-electron chi connectivity index (χ1n) is 6.13. The van der Waals surface area contributed by atoms with E-state index in [1.807, 2.05) is 25.2 Å². The Morgan fingerprint density at radius 3 is 3.17 bits per heavy atom. The highest BCUT2D eigenvalue weighted by atomic mass is 16.1. The average molecular weight is 246 g/mol. The standard InChI is InChI=1S/C13H18N4O/c1-14-6-2-3-13(18)15-8-10-4-5-11-12(7-10)17-9-16-11/h4-5,7,9,14H,2-3,6,8H2,1H3,(H,15,18)(H,16,17). The van der Waals surface area contributed by atoms with Crippen molar-refractivity contribution in [3.63, 3.8) is 0 Å². The summed E-state index contributed by atoms with van der Waals surface area (Å²) in [5, 5.41) is 5.94. The molecule has 5 nitrogen and oxygen atoms in total. The molecule has 0 spiro atoms.